The first kappa shape index (κ1) is 76.7. The van der Waals surface area contributed by atoms with E-state index in [9.17, 15) is 0 Å². The Bertz CT molecular complexity index is 9110. The van der Waals surface area contributed by atoms with E-state index in [0.29, 0.717) is 28.6 Å². The second-order valence-corrected chi connectivity index (χ2v) is 33.4. The Morgan fingerprint density at radius 1 is 0.290 bits per heavy atom. The number of fused-ring (bicyclic) bond motifs is 26. The zero-order valence-corrected chi connectivity index (χ0v) is 74.0. The van der Waals surface area contributed by atoms with E-state index in [-0.39, 0.29) is 5.69 Å². The maximum absolute atomic E-state index is 7.63. The van der Waals surface area contributed by atoms with Crippen LogP contribution >= 0.6 is 0 Å². The van der Waals surface area contributed by atoms with Gasteiger partial charge in [-0.1, -0.05) is 143 Å². The molecule has 0 saturated heterocycles. The largest absolute Gasteiger partial charge is 0.437 e. The first-order valence-corrected chi connectivity index (χ1v) is 43.3. The number of nitrogens with zero attached hydrogens (tertiary/aromatic N) is 15. The van der Waals surface area contributed by atoms with Crippen molar-refractivity contribution in [3.05, 3.63) is 338 Å². The van der Waals surface area contributed by atoms with Crippen LogP contribution in [0.2, 0.25) is 0 Å². The molecule has 0 aliphatic rings. The van der Waals surface area contributed by atoms with Gasteiger partial charge in [-0.2, -0.15) is 9.13 Å². The van der Waals surface area contributed by atoms with Crippen LogP contribution in [0.3, 0.4) is 0 Å². The van der Waals surface area contributed by atoms with Crippen molar-refractivity contribution in [2.45, 2.75) is 48.4 Å². The zero-order chi connectivity index (χ0) is 91.8. The number of imidazole rings is 1. The minimum absolute atomic E-state index is 0.0599. The van der Waals surface area contributed by atoms with Crippen LogP contribution in [-0.4, -0.2) is 49.4 Å². The number of hydrogen-bond acceptors (Lipinski definition) is 14. The van der Waals surface area contributed by atoms with Crippen molar-refractivity contribution in [1.82, 2.24) is 49.4 Å². The van der Waals surface area contributed by atoms with E-state index in [0.717, 1.165) is 160 Å². The van der Waals surface area contributed by atoms with Gasteiger partial charge in [0.2, 0.25) is 40.0 Å². The molecule has 0 aliphatic carbocycles. The fraction of sp³-hybridized carbons (Fsp3) is 0.117. The lowest BCUT2D eigenvalue weighted by Crippen LogP contribution is -2.31. The summed E-state index contributed by atoms with van der Waals surface area (Å²) < 4.78 is 66.7. The topological polar surface area (TPSA) is 206 Å². The zero-order valence-electron chi connectivity index (χ0n) is 77.0. The summed E-state index contributed by atoms with van der Waals surface area (Å²) in [6.07, 6.45) is 23.1. The van der Waals surface area contributed by atoms with E-state index < -0.39 is 6.85 Å². The quantitative estimate of drug-likeness (QED) is 0.147. The number of aromatic nitrogens is 15. The highest BCUT2D eigenvalue weighted by Crippen LogP contribution is 2.49. The summed E-state index contributed by atoms with van der Waals surface area (Å²) in [7, 11) is 12.1. The number of rotatable bonds is 5. The van der Waals surface area contributed by atoms with Gasteiger partial charge in [0.25, 0.3) is 18.5 Å². The van der Waals surface area contributed by atoms with E-state index in [4.69, 9.17) is 26.2 Å². The molecule has 0 bridgehead atoms. The maximum atomic E-state index is 7.63. The van der Waals surface area contributed by atoms with Crippen LogP contribution in [0.25, 0.3) is 232 Å². The molecule has 131 heavy (non-hydrogen) atoms. The predicted molar refractivity (Wildman–Crippen MR) is 519 cm³/mol. The minimum Gasteiger partial charge on any atom is -0.437 e. The van der Waals surface area contributed by atoms with E-state index in [2.05, 4.69) is 271 Å². The van der Waals surface area contributed by atoms with E-state index in [1.54, 1.807) is 54.1 Å². The van der Waals surface area contributed by atoms with Crippen LogP contribution in [0.4, 0.5) is 0 Å². The van der Waals surface area contributed by atoms with Crippen LogP contribution in [0, 0.1) is 48.4 Å². The van der Waals surface area contributed by atoms with Gasteiger partial charge in [-0.3, -0.25) is 4.98 Å². The molecule has 15 aromatic heterocycles. The lowest BCUT2D eigenvalue weighted by Gasteiger charge is -2.11. The van der Waals surface area contributed by atoms with Crippen molar-refractivity contribution >= 4 is 175 Å². The van der Waals surface area contributed by atoms with E-state index >= 15 is 0 Å². The van der Waals surface area contributed by atoms with Gasteiger partial charge in [0.05, 0.1) is 69.0 Å². The highest BCUT2D eigenvalue weighted by Gasteiger charge is 2.33. The lowest BCUT2D eigenvalue weighted by atomic mass is 9.93. The number of aryl methyl sites for hydroxylation is 13. The highest BCUT2D eigenvalue weighted by molar-refractivity contribution is 6.28. The number of pyridine rings is 5. The summed E-state index contributed by atoms with van der Waals surface area (Å²) in [5.41, 5.74) is 26.1. The Labute approximate surface area is 754 Å². The van der Waals surface area contributed by atoms with Crippen molar-refractivity contribution in [2.24, 2.45) is 42.3 Å². The molecule has 0 unspecified atom stereocenters. The molecular weight excluding hydrogens is 1620 g/mol. The molecule has 20 heteroatoms. The molecule has 0 aliphatic heterocycles. The molecule has 15 heterocycles. The summed E-state index contributed by atoms with van der Waals surface area (Å²) in [6.45, 7) is 10.5. The molecule has 0 fully saturated rings. The van der Waals surface area contributed by atoms with Gasteiger partial charge in [0.15, 0.2) is 45.9 Å². The minimum atomic E-state index is -2.26. The normalized spacial score (nSPS) is 12.1. The third-order valence-corrected chi connectivity index (χ3v) is 25.9. The van der Waals surface area contributed by atoms with Crippen molar-refractivity contribution in [3.8, 4) is 56.4 Å². The first-order valence-electron chi connectivity index (χ1n) is 44.8. The van der Waals surface area contributed by atoms with Crippen molar-refractivity contribution in [1.29, 1.82) is 0 Å². The number of benzene rings is 11. The molecular formula is C111H88N15O5+5. The highest BCUT2D eigenvalue weighted by atomic mass is 16.4. The van der Waals surface area contributed by atoms with Gasteiger partial charge in [0.1, 0.15) is 54.1 Å². The Morgan fingerprint density at radius 2 is 0.634 bits per heavy atom. The Kier molecular flexibility index (Phi) is 18.7. The fourth-order valence-electron chi connectivity index (χ4n) is 19.8. The van der Waals surface area contributed by atoms with Crippen molar-refractivity contribution in [2.75, 3.05) is 0 Å². The standard InChI is InChI=1S/C25H20N3O.2C22H18N3O.2C21H16N3O/c1-15-16-9-4-5-10-17(16)22-18-11-8-14-26-24(18)29-23(22)21(15)25-27(2)19-12-6-7-13-20(19)28(25)3;1-13-12-25(3)18(11-24-13)19-14(2)15-7-4-5-8-16(15)20-17-9-6-10-23-22(17)26-21(19)20;1-13-11-18(25(3)12-24-13)19-14(2)15-7-4-5-8-16(15)20-17-9-6-10-23-22(17)26-21(19)20;1-13-14-6-3-4-7-15(14)19-16-8-5-10-23-21(16)25-20(19)18(13)17-9-11-22-12-24(17)2;1-13-14-6-3-4-7-15(14)19-16-8-5-9-23-21(16)25-20(19)18(13)17-12-22-10-11-24(17)2/h4-14H,1-3H3;2*4-12H,1-3H3;2*3-12H,1-2H3/q5*+1/i;1D3;;;. The maximum Gasteiger partial charge on any atom is 0.293 e. The van der Waals surface area contributed by atoms with Crippen molar-refractivity contribution < 1.29 is 49.0 Å². The Hall–Kier alpha value is -16.7. The third-order valence-electron chi connectivity index (χ3n) is 25.9. The summed E-state index contributed by atoms with van der Waals surface area (Å²) in [5, 5.41) is 22.6. The third kappa shape index (κ3) is 13.0. The molecule has 11 aromatic carbocycles. The summed E-state index contributed by atoms with van der Waals surface area (Å²) in [6, 6.07) is 74.9. The molecule has 632 valence electrons. The SMILES string of the molecule is Cc1c(-c2ccnc[n+]2C)c2oc3ncccc3c2c2ccccc12.Cc1c(-c2cncc[n+]2C)c2oc3ncccc3c2c2ccccc12.Cc1c(-c2n(C)c3ccccc3[n+]2C)c2oc3ncccc3c2c2ccccc12.Cc1cc(-c2c(C)c3ccccc3c3c2oc2ncccc23)[n+](C)cn1.[2H]C([2H])([2H])c1c[n+](C)c(-c2c(C)c3ccccc3c3c2oc2ncccc23)cn1. The number of hydrogen-bond donors (Lipinski definition) is 0. The van der Waals surface area contributed by atoms with Gasteiger partial charge in [-0.25, -0.2) is 48.2 Å². The number of para-hydroxylation sites is 2. The monoisotopic (exact) mass is 1710 g/mol. The lowest BCUT2D eigenvalue weighted by molar-refractivity contribution is -0.663. The molecule has 0 N–H and O–H groups in total. The smallest absolute Gasteiger partial charge is 0.293 e. The predicted octanol–water partition coefficient (Wildman–Crippen LogP) is 23.4. The first-order chi connectivity index (χ1) is 65.2. The second kappa shape index (κ2) is 32.0. The van der Waals surface area contributed by atoms with Crippen LogP contribution in [-0.2, 0) is 42.3 Å². The van der Waals surface area contributed by atoms with Gasteiger partial charge in [0, 0.05) is 108 Å². The average Bonchev–Trinajstić information content (AvgIpc) is 1.56. The molecule has 0 saturated carbocycles. The van der Waals surface area contributed by atoms with E-state index in [1.165, 1.54) is 76.4 Å². The molecule has 0 radical (unpaired) electrons. The second-order valence-electron chi connectivity index (χ2n) is 33.4. The molecule has 0 amide bonds. The Balaban J connectivity index is 0.0000000976. The van der Waals surface area contributed by atoms with Crippen molar-refractivity contribution in [3.63, 3.8) is 0 Å². The van der Waals surface area contributed by atoms with Gasteiger partial charge in [-0.05, 0) is 196 Å². The molecule has 20 nitrogen and oxygen atoms in total. The van der Waals surface area contributed by atoms with Gasteiger partial charge < -0.3 is 22.1 Å². The summed E-state index contributed by atoms with van der Waals surface area (Å²) >= 11 is 0. The molecule has 0 atom stereocenters. The van der Waals surface area contributed by atoms with Gasteiger partial charge >= 0.3 is 0 Å². The van der Waals surface area contributed by atoms with E-state index in [1.807, 2.05) is 130 Å². The molecule has 0 spiro atoms. The molecule has 26 aromatic rings. The average molecular weight is 1720 g/mol. The Morgan fingerprint density at radius 3 is 1.02 bits per heavy atom. The molecule has 26 rings (SSSR count). The number of furan rings is 5. The van der Waals surface area contributed by atoms with Gasteiger partial charge in [-0.15, -0.1) is 0 Å². The fourth-order valence-corrected chi connectivity index (χ4v) is 19.8. The van der Waals surface area contributed by atoms with Crippen LogP contribution in [0.15, 0.2) is 321 Å². The van der Waals surface area contributed by atoms with Crippen LogP contribution in [0.5, 0.6) is 0 Å². The van der Waals surface area contributed by atoms with Crippen LogP contribution in [0.1, 0.15) is 43.3 Å². The summed E-state index contributed by atoms with van der Waals surface area (Å²) in [4.78, 5) is 39.3. The summed E-state index contributed by atoms with van der Waals surface area (Å²) in [5.74, 6) is 1.12. The van der Waals surface area contributed by atoms with Crippen LogP contribution < -0.4 is 22.8 Å².